The van der Waals surface area contributed by atoms with E-state index in [1.807, 2.05) is 31.2 Å². The molecule has 106 valence electrons. The molecular formula is C13H17ClF2N2O. The third-order valence-electron chi connectivity index (χ3n) is 3.14. The van der Waals surface area contributed by atoms with Crippen LogP contribution < -0.4 is 10.6 Å². The Morgan fingerprint density at radius 2 is 2.16 bits per heavy atom. The zero-order valence-electron chi connectivity index (χ0n) is 10.6. The molecule has 1 aromatic rings. The second kappa shape index (κ2) is 6.30. The molecule has 0 bridgehead atoms. The molecule has 1 aromatic carbocycles. The Labute approximate surface area is 117 Å². The predicted octanol–water partition coefficient (Wildman–Crippen LogP) is 2.03. The standard InChI is InChI=1S/C13H16F2N2O.ClH/c1-9-4-2-3-5-10(9)7-16-12(18)11-6-13(14,15)8-17-11;/h2-5,11,17H,6-8H2,1H3,(H,16,18);1H. The summed E-state index contributed by atoms with van der Waals surface area (Å²) in [5.74, 6) is -3.14. The van der Waals surface area contributed by atoms with Gasteiger partial charge in [-0.05, 0) is 18.1 Å². The number of carbonyl (C=O) groups is 1. The number of halogens is 3. The van der Waals surface area contributed by atoms with E-state index in [1.54, 1.807) is 0 Å². The summed E-state index contributed by atoms with van der Waals surface area (Å²) in [5.41, 5.74) is 2.07. The largest absolute Gasteiger partial charge is 0.351 e. The predicted molar refractivity (Wildman–Crippen MR) is 71.6 cm³/mol. The number of carbonyl (C=O) groups excluding carboxylic acids is 1. The maximum absolute atomic E-state index is 12.9. The molecule has 1 amide bonds. The van der Waals surface area contributed by atoms with Crippen LogP contribution in [0.3, 0.4) is 0 Å². The maximum Gasteiger partial charge on any atom is 0.262 e. The SMILES string of the molecule is Cc1ccccc1CNC(=O)C1CC(F)(F)CN1.Cl. The van der Waals surface area contributed by atoms with Crippen LogP contribution in [0, 0.1) is 6.92 Å². The second-order valence-corrected chi connectivity index (χ2v) is 4.64. The van der Waals surface area contributed by atoms with Gasteiger partial charge in [-0.3, -0.25) is 10.1 Å². The van der Waals surface area contributed by atoms with E-state index in [9.17, 15) is 13.6 Å². The fourth-order valence-electron chi connectivity index (χ4n) is 2.01. The first-order valence-corrected chi connectivity index (χ1v) is 5.91. The van der Waals surface area contributed by atoms with E-state index in [-0.39, 0.29) is 18.3 Å². The molecule has 2 rings (SSSR count). The van der Waals surface area contributed by atoms with Gasteiger partial charge in [-0.1, -0.05) is 24.3 Å². The normalized spacial score (nSPS) is 20.7. The van der Waals surface area contributed by atoms with Crippen molar-refractivity contribution in [3.63, 3.8) is 0 Å². The number of aryl methyl sites for hydroxylation is 1. The van der Waals surface area contributed by atoms with E-state index < -0.39 is 24.9 Å². The van der Waals surface area contributed by atoms with Crippen molar-refractivity contribution in [1.29, 1.82) is 0 Å². The minimum atomic E-state index is -2.77. The number of rotatable bonds is 3. The Kier molecular flexibility index (Phi) is 5.26. The maximum atomic E-state index is 12.9. The number of nitrogens with one attached hydrogen (secondary N) is 2. The summed E-state index contributed by atoms with van der Waals surface area (Å²) in [6.45, 7) is 1.90. The summed E-state index contributed by atoms with van der Waals surface area (Å²) < 4.78 is 25.9. The highest BCUT2D eigenvalue weighted by atomic mass is 35.5. The molecule has 1 saturated heterocycles. The Balaban J connectivity index is 0.00000180. The van der Waals surface area contributed by atoms with E-state index >= 15 is 0 Å². The van der Waals surface area contributed by atoms with Gasteiger partial charge in [-0.25, -0.2) is 8.78 Å². The van der Waals surface area contributed by atoms with Crippen LogP contribution in [0.1, 0.15) is 17.5 Å². The molecule has 0 radical (unpaired) electrons. The third kappa shape index (κ3) is 4.14. The number of benzene rings is 1. The summed E-state index contributed by atoms with van der Waals surface area (Å²) in [5, 5.41) is 5.22. The van der Waals surface area contributed by atoms with Crippen molar-refractivity contribution in [2.75, 3.05) is 6.54 Å². The van der Waals surface area contributed by atoms with Gasteiger partial charge in [0.2, 0.25) is 5.91 Å². The number of hydrogen-bond donors (Lipinski definition) is 2. The van der Waals surface area contributed by atoms with E-state index in [4.69, 9.17) is 0 Å². The molecule has 3 nitrogen and oxygen atoms in total. The lowest BCUT2D eigenvalue weighted by molar-refractivity contribution is -0.123. The van der Waals surface area contributed by atoms with Crippen molar-refractivity contribution in [3.05, 3.63) is 35.4 Å². The summed E-state index contributed by atoms with van der Waals surface area (Å²) in [6.07, 6.45) is -0.424. The Hall–Kier alpha value is -1.20. The fraction of sp³-hybridized carbons (Fsp3) is 0.462. The van der Waals surface area contributed by atoms with Gasteiger partial charge in [0.25, 0.3) is 5.92 Å². The summed E-state index contributed by atoms with van der Waals surface area (Å²) in [7, 11) is 0. The summed E-state index contributed by atoms with van der Waals surface area (Å²) in [4.78, 5) is 11.7. The van der Waals surface area contributed by atoms with Crippen molar-refractivity contribution in [3.8, 4) is 0 Å². The van der Waals surface area contributed by atoms with Gasteiger partial charge in [-0.2, -0.15) is 0 Å². The first-order valence-electron chi connectivity index (χ1n) is 5.91. The first kappa shape index (κ1) is 15.9. The van der Waals surface area contributed by atoms with E-state index in [1.165, 1.54) is 0 Å². The highest BCUT2D eigenvalue weighted by Crippen LogP contribution is 2.25. The number of hydrogen-bond acceptors (Lipinski definition) is 2. The lowest BCUT2D eigenvalue weighted by atomic mass is 10.1. The van der Waals surface area contributed by atoms with Crippen molar-refractivity contribution >= 4 is 18.3 Å². The number of alkyl halides is 2. The van der Waals surface area contributed by atoms with Gasteiger partial charge in [-0.15, -0.1) is 12.4 Å². The van der Waals surface area contributed by atoms with E-state index in [0.717, 1.165) is 11.1 Å². The monoisotopic (exact) mass is 290 g/mol. The zero-order chi connectivity index (χ0) is 13.2. The van der Waals surface area contributed by atoms with Gasteiger partial charge in [0, 0.05) is 13.0 Å². The average molecular weight is 291 g/mol. The van der Waals surface area contributed by atoms with Crippen LogP contribution in [0.5, 0.6) is 0 Å². The smallest absolute Gasteiger partial charge is 0.262 e. The third-order valence-corrected chi connectivity index (χ3v) is 3.14. The highest BCUT2D eigenvalue weighted by molar-refractivity contribution is 5.85. The van der Waals surface area contributed by atoms with Crippen molar-refractivity contribution in [1.82, 2.24) is 10.6 Å². The molecule has 19 heavy (non-hydrogen) atoms. The van der Waals surface area contributed by atoms with E-state index in [0.29, 0.717) is 6.54 Å². The minimum Gasteiger partial charge on any atom is -0.351 e. The summed E-state index contributed by atoms with van der Waals surface area (Å²) in [6, 6.07) is 6.87. The van der Waals surface area contributed by atoms with Crippen LogP contribution in [-0.2, 0) is 11.3 Å². The molecule has 2 N–H and O–H groups in total. The lowest BCUT2D eigenvalue weighted by Gasteiger charge is -2.12. The molecule has 6 heteroatoms. The molecule has 0 saturated carbocycles. The second-order valence-electron chi connectivity index (χ2n) is 4.64. The minimum absolute atomic E-state index is 0. The molecular weight excluding hydrogens is 274 g/mol. The molecule has 1 aliphatic rings. The van der Waals surface area contributed by atoms with E-state index in [2.05, 4.69) is 10.6 Å². The lowest BCUT2D eigenvalue weighted by Crippen LogP contribution is -2.40. The van der Waals surface area contributed by atoms with Crippen LogP contribution in [0.4, 0.5) is 8.78 Å². The highest BCUT2D eigenvalue weighted by Gasteiger charge is 2.42. The fourth-order valence-corrected chi connectivity index (χ4v) is 2.01. The van der Waals surface area contributed by atoms with Gasteiger partial charge in [0.05, 0.1) is 12.6 Å². The quantitative estimate of drug-likeness (QED) is 0.894. The summed E-state index contributed by atoms with van der Waals surface area (Å²) >= 11 is 0. The average Bonchev–Trinajstić information content (AvgIpc) is 2.68. The van der Waals surface area contributed by atoms with Gasteiger partial charge < -0.3 is 5.32 Å². The van der Waals surface area contributed by atoms with Gasteiger partial charge in [0.1, 0.15) is 0 Å². The Morgan fingerprint density at radius 1 is 1.47 bits per heavy atom. The first-order chi connectivity index (χ1) is 8.48. The molecule has 0 aromatic heterocycles. The molecule has 1 heterocycles. The molecule has 1 aliphatic heterocycles. The topological polar surface area (TPSA) is 41.1 Å². The van der Waals surface area contributed by atoms with Crippen molar-refractivity contribution < 1.29 is 13.6 Å². The molecule has 1 atom stereocenters. The van der Waals surface area contributed by atoms with Gasteiger partial charge >= 0.3 is 0 Å². The van der Waals surface area contributed by atoms with Crippen LogP contribution >= 0.6 is 12.4 Å². The molecule has 1 unspecified atom stereocenters. The Morgan fingerprint density at radius 3 is 2.74 bits per heavy atom. The zero-order valence-corrected chi connectivity index (χ0v) is 11.4. The van der Waals surface area contributed by atoms with Crippen LogP contribution in [-0.4, -0.2) is 24.4 Å². The van der Waals surface area contributed by atoms with Crippen molar-refractivity contribution in [2.45, 2.75) is 31.9 Å². The molecule has 0 spiro atoms. The molecule has 0 aliphatic carbocycles. The van der Waals surface area contributed by atoms with Gasteiger partial charge in [0.15, 0.2) is 0 Å². The Bertz CT molecular complexity index is 454. The number of amides is 1. The van der Waals surface area contributed by atoms with Crippen LogP contribution in [0.25, 0.3) is 0 Å². The van der Waals surface area contributed by atoms with Crippen LogP contribution in [0.15, 0.2) is 24.3 Å². The molecule has 1 fully saturated rings. The van der Waals surface area contributed by atoms with Crippen molar-refractivity contribution in [2.24, 2.45) is 0 Å². The van der Waals surface area contributed by atoms with Crippen LogP contribution in [0.2, 0.25) is 0 Å².